The van der Waals surface area contributed by atoms with Crippen LogP contribution >= 0.6 is 0 Å². The Bertz CT molecular complexity index is 481. The van der Waals surface area contributed by atoms with Crippen LogP contribution in [0.25, 0.3) is 11.0 Å². The van der Waals surface area contributed by atoms with E-state index in [0.717, 1.165) is 16.9 Å². The summed E-state index contributed by atoms with van der Waals surface area (Å²) in [5.41, 5.74) is 0.800. The van der Waals surface area contributed by atoms with E-state index in [1.165, 1.54) is 6.33 Å². The van der Waals surface area contributed by atoms with Crippen LogP contribution in [0.3, 0.4) is 0 Å². The minimum Gasteiger partial charge on any atom is -0.396 e. The molecule has 0 aliphatic carbocycles. The van der Waals surface area contributed by atoms with Crippen molar-refractivity contribution in [3.8, 4) is 0 Å². The second-order valence-electron chi connectivity index (χ2n) is 3.79. The van der Waals surface area contributed by atoms with Crippen LogP contribution in [0.1, 0.15) is 13.3 Å². The first kappa shape index (κ1) is 10.8. The maximum absolute atomic E-state index is 8.84. The third-order valence-electron chi connectivity index (χ3n) is 2.47. The summed E-state index contributed by atoms with van der Waals surface area (Å²) in [6, 6.07) is 0.170. The molecular weight excluding hydrogens is 206 g/mol. The maximum atomic E-state index is 8.84. The van der Waals surface area contributed by atoms with Crippen LogP contribution in [0.5, 0.6) is 0 Å². The molecule has 0 amide bonds. The minimum atomic E-state index is 0.162. The highest BCUT2D eigenvalue weighted by atomic mass is 16.3. The topological polar surface area (TPSA) is 75.9 Å². The highest BCUT2D eigenvalue weighted by Crippen LogP contribution is 2.18. The van der Waals surface area contributed by atoms with Crippen molar-refractivity contribution >= 4 is 16.9 Å². The van der Waals surface area contributed by atoms with E-state index in [4.69, 9.17) is 5.11 Å². The average molecular weight is 221 g/mol. The molecule has 16 heavy (non-hydrogen) atoms. The molecule has 2 aromatic heterocycles. The fourth-order valence-electron chi connectivity index (χ4n) is 1.58. The van der Waals surface area contributed by atoms with Gasteiger partial charge in [-0.05, 0) is 13.3 Å². The molecule has 6 nitrogen and oxygen atoms in total. The first-order chi connectivity index (χ1) is 7.72. The van der Waals surface area contributed by atoms with Gasteiger partial charge in [-0.3, -0.25) is 4.68 Å². The SMILES string of the molecule is CC(CCO)Nc1ncnc2c1cnn2C. The Morgan fingerprint density at radius 1 is 1.50 bits per heavy atom. The molecule has 0 aromatic carbocycles. The summed E-state index contributed by atoms with van der Waals surface area (Å²) in [6.07, 6.45) is 3.94. The molecule has 0 aliphatic heterocycles. The largest absolute Gasteiger partial charge is 0.396 e. The van der Waals surface area contributed by atoms with Crippen molar-refractivity contribution in [1.82, 2.24) is 19.7 Å². The van der Waals surface area contributed by atoms with Gasteiger partial charge in [-0.15, -0.1) is 0 Å². The Labute approximate surface area is 93.3 Å². The number of rotatable bonds is 4. The number of aryl methyl sites for hydroxylation is 1. The molecule has 1 atom stereocenters. The van der Waals surface area contributed by atoms with Crippen LogP contribution in [0.4, 0.5) is 5.82 Å². The molecule has 1 unspecified atom stereocenters. The van der Waals surface area contributed by atoms with Crippen molar-refractivity contribution in [3.63, 3.8) is 0 Å². The first-order valence-electron chi connectivity index (χ1n) is 5.22. The van der Waals surface area contributed by atoms with E-state index < -0.39 is 0 Å². The molecule has 86 valence electrons. The molecule has 0 fully saturated rings. The predicted octanol–water partition coefficient (Wildman–Crippen LogP) is 0.546. The number of fused-ring (bicyclic) bond motifs is 1. The van der Waals surface area contributed by atoms with Gasteiger partial charge < -0.3 is 10.4 Å². The van der Waals surface area contributed by atoms with E-state index in [2.05, 4.69) is 20.4 Å². The van der Waals surface area contributed by atoms with Crippen molar-refractivity contribution < 1.29 is 5.11 Å². The zero-order chi connectivity index (χ0) is 11.5. The molecule has 2 aromatic rings. The summed E-state index contributed by atoms with van der Waals surface area (Å²) >= 11 is 0. The average Bonchev–Trinajstić information content (AvgIpc) is 2.62. The summed E-state index contributed by atoms with van der Waals surface area (Å²) in [6.45, 7) is 2.16. The number of aliphatic hydroxyl groups excluding tert-OH is 1. The second kappa shape index (κ2) is 4.44. The van der Waals surface area contributed by atoms with Gasteiger partial charge in [0.1, 0.15) is 12.1 Å². The molecular formula is C10H15N5O. The van der Waals surface area contributed by atoms with Crippen LogP contribution in [0.15, 0.2) is 12.5 Å². The Balaban J connectivity index is 2.30. The lowest BCUT2D eigenvalue weighted by molar-refractivity contribution is 0.282. The van der Waals surface area contributed by atoms with Crippen molar-refractivity contribution in [2.75, 3.05) is 11.9 Å². The molecule has 0 spiro atoms. The van der Waals surface area contributed by atoms with Crippen LogP contribution in [-0.2, 0) is 7.05 Å². The molecule has 0 saturated carbocycles. The van der Waals surface area contributed by atoms with E-state index in [-0.39, 0.29) is 12.6 Å². The number of aliphatic hydroxyl groups is 1. The van der Waals surface area contributed by atoms with Gasteiger partial charge >= 0.3 is 0 Å². The van der Waals surface area contributed by atoms with E-state index in [9.17, 15) is 0 Å². The highest BCUT2D eigenvalue weighted by Gasteiger charge is 2.09. The second-order valence-corrected chi connectivity index (χ2v) is 3.79. The lowest BCUT2D eigenvalue weighted by atomic mass is 10.2. The van der Waals surface area contributed by atoms with Crippen molar-refractivity contribution in [2.24, 2.45) is 7.05 Å². The molecule has 2 N–H and O–H groups in total. The van der Waals surface area contributed by atoms with E-state index in [0.29, 0.717) is 6.42 Å². The summed E-state index contributed by atoms with van der Waals surface area (Å²) in [7, 11) is 1.84. The number of hydrogen-bond donors (Lipinski definition) is 2. The Kier molecular flexibility index (Phi) is 3.00. The van der Waals surface area contributed by atoms with Gasteiger partial charge in [-0.25, -0.2) is 9.97 Å². The van der Waals surface area contributed by atoms with Gasteiger partial charge in [0.25, 0.3) is 0 Å². The fraction of sp³-hybridized carbons (Fsp3) is 0.500. The summed E-state index contributed by atoms with van der Waals surface area (Å²) in [5.74, 6) is 0.763. The lowest BCUT2D eigenvalue weighted by Crippen LogP contribution is -2.17. The quantitative estimate of drug-likeness (QED) is 0.788. The highest BCUT2D eigenvalue weighted by molar-refractivity contribution is 5.86. The van der Waals surface area contributed by atoms with E-state index in [1.54, 1.807) is 10.9 Å². The van der Waals surface area contributed by atoms with Gasteiger partial charge in [-0.2, -0.15) is 5.10 Å². The number of anilines is 1. The summed E-state index contributed by atoms with van der Waals surface area (Å²) in [5, 5.41) is 17.1. The Morgan fingerprint density at radius 2 is 2.31 bits per heavy atom. The number of hydrogen-bond acceptors (Lipinski definition) is 5. The maximum Gasteiger partial charge on any atom is 0.163 e. The number of nitrogens with one attached hydrogen (secondary N) is 1. The lowest BCUT2D eigenvalue weighted by Gasteiger charge is -2.13. The van der Waals surface area contributed by atoms with Crippen molar-refractivity contribution in [1.29, 1.82) is 0 Å². The van der Waals surface area contributed by atoms with Gasteiger partial charge in [0, 0.05) is 19.7 Å². The van der Waals surface area contributed by atoms with Crippen LogP contribution in [0, 0.1) is 0 Å². The third kappa shape index (κ3) is 1.96. The molecule has 2 rings (SSSR count). The Morgan fingerprint density at radius 3 is 3.06 bits per heavy atom. The molecule has 6 heteroatoms. The van der Waals surface area contributed by atoms with Gasteiger partial charge in [-0.1, -0.05) is 0 Å². The van der Waals surface area contributed by atoms with Crippen molar-refractivity contribution in [3.05, 3.63) is 12.5 Å². The molecule has 0 bridgehead atoms. The van der Waals surface area contributed by atoms with Gasteiger partial charge in [0.2, 0.25) is 0 Å². The van der Waals surface area contributed by atoms with E-state index >= 15 is 0 Å². The number of aromatic nitrogens is 4. The monoisotopic (exact) mass is 221 g/mol. The smallest absolute Gasteiger partial charge is 0.163 e. The first-order valence-corrected chi connectivity index (χ1v) is 5.22. The van der Waals surface area contributed by atoms with Crippen molar-refractivity contribution in [2.45, 2.75) is 19.4 Å². The Hall–Kier alpha value is -1.69. The van der Waals surface area contributed by atoms with Gasteiger partial charge in [0.05, 0.1) is 11.6 Å². The van der Waals surface area contributed by atoms with Crippen LogP contribution < -0.4 is 5.32 Å². The molecule has 2 heterocycles. The molecule has 0 radical (unpaired) electrons. The predicted molar refractivity (Wildman–Crippen MR) is 61.1 cm³/mol. The standard InChI is InChI=1S/C10H15N5O/c1-7(3-4-16)14-9-8-5-13-15(2)10(8)12-6-11-9/h5-7,16H,3-4H2,1-2H3,(H,11,12,14). The molecule has 0 saturated heterocycles. The number of nitrogens with zero attached hydrogens (tertiary/aromatic N) is 4. The summed E-state index contributed by atoms with van der Waals surface area (Å²) < 4.78 is 1.71. The van der Waals surface area contributed by atoms with E-state index in [1.807, 2.05) is 14.0 Å². The fourth-order valence-corrected chi connectivity index (χ4v) is 1.58. The summed E-state index contributed by atoms with van der Waals surface area (Å²) in [4.78, 5) is 8.34. The third-order valence-corrected chi connectivity index (χ3v) is 2.47. The molecule has 0 aliphatic rings. The van der Waals surface area contributed by atoms with Gasteiger partial charge in [0.15, 0.2) is 5.65 Å². The minimum absolute atomic E-state index is 0.162. The zero-order valence-electron chi connectivity index (χ0n) is 9.38. The van der Waals surface area contributed by atoms with Crippen LogP contribution in [-0.4, -0.2) is 37.5 Å². The normalized spacial score (nSPS) is 12.9. The van der Waals surface area contributed by atoms with Crippen LogP contribution in [0.2, 0.25) is 0 Å². The zero-order valence-corrected chi connectivity index (χ0v) is 9.38.